The van der Waals surface area contributed by atoms with Crippen molar-refractivity contribution in [2.75, 3.05) is 24.9 Å². The third-order valence-corrected chi connectivity index (χ3v) is 6.34. The van der Waals surface area contributed by atoms with Crippen LogP contribution in [-0.4, -0.2) is 39.9 Å². The molecule has 0 spiro atoms. The van der Waals surface area contributed by atoms with Crippen LogP contribution < -0.4 is 20.1 Å². The number of carbonyl (C=O) groups is 1. The Labute approximate surface area is 205 Å². The summed E-state index contributed by atoms with van der Waals surface area (Å²) in [4.78, 5) is 19.4. The van der Waals surface area contributed by atoms with Crippen molar-refractivity contribution in [1.29, 1.82) is 0 Å². The number of halogens is 2. The predicted molar refractivity (Wildman–Crippen MR) is 131 cm³/mol. The van der Waals surface area contributed by atoms with Crippen LogP contribution in [0.3, 0.4) is 0 Å². The molecule has 1 fully saturated rings. The highest BCUT2D eigenvalue weighted by Gasteiger charge is 2.52. The number of aromatic nitrogens is 4. The Bertz CT molecular complexity index is 1480. The van der Waals surface area contributed by atoms with Gasteiger partial charge in [0.2, 0.25) is 5.91 Å². The Balaban J connectivity index is 1.51. The number of aromatic amines is 1. The minimum Gasteiger partial charge on any atom is -0.494 e. The van der Waals surface area contributed by atoms with Gasteiger partial charge in [-0.15, -0.1) is 0 Å². The number of amides is 1. The van der Waals surface area contributed by atoms with Crippen molar-refractivity contribution in [3.8, 4) is 11.5 Å². The zero-order chi connectivity index (χ0) is 25.6. The van der Waals surface area contributed by atoms with Crippen molar-refractivity contribution < 1.29 is 23.0 Å². The molecule has 3 aromatic heterocycles. The standard InChI is InChI=1S/C25H24F2N6O3/c1-5-20(34)30-15-12-33(2)32-24(15)31-19-9-13-8-18(29-14(13)11-28-19)25(6-7-25)21-22(26)16(35-3)10-17(36-4)23(21)27/h5,8-12,29H,1,6-7H2,2-4H3,(H,30,34)(H,28,31,32). The van der Waals surface area contributed by atoms with E-state index in [1.165, 1.54) is 26.4 Å². The summed E-state index contributed by atoms with van der Waals surface area (Å²) in [6.45, 7) is 3.45. The van der Waals surface area contributed by atoms with Crippen LogP contribution in [0.1, 0.15) is 24.1 Å². The highest BCUT2D eigenvalue weighted by atomic mass is 19.1. The van der Waals surface area contributed by atoms with E-state index in [-0.39, 0.29) is 23.0 Å². The van der Waals surface area contributed by atoms with Crippen molar-refractivity contribution in [3.63, 3.8) is 0 Å². The summed E-state index contributed by atoms with van der Waals surface area (Å²) in [6, 6.07) is 4.86. The fourth-order valence-electron chi connectivity index (χ4n) is 4.42. The third kappa shape index (κ3) is 3.82. The first-order valence-electron chi connectivity index (χ1n) is 11.1. The molecular formula is C25H24F2N6O3. The first-order chi connectivity index (χ1) is 17.3. The fourth-order valence-corrected chi connectivity index (χ4v) is 4.42. The van der Waals surface area contributed by atoms with Crippen molar-refractivity contribution >= 4 is 34.1 Å². The smallest absolute Gasteiger partial charge is 0.247 e. The van der Waals surface area contributed by atoms with Gasteiger partial charge in [-0.3, -0.25) is 9.48 Å². The second kappa shape index (κ2) is 8.67. The van der Waals surface area contributed by atoms with Gasteiger partial charge in [0.1, 0.15) is 11.5 Å². The van der Waals surface area contributed by atoms with Gasteiger partial charge in [0.15, 0.2) is 29.0 Å². The maximum atomic E-state index is 15.3. The Morgan fingerprint density at radius 2 is 1.89 bits per heavy atom. The molecule has 4 aromatic rings. The summed E-state index contributed by atoms with van der Waals surface area (Å²) in [5, 5.41) is 10.9. The summed E-state index contributed by atoms with van der Waals surface area (Å²) in [6.07, 6.45) is 5.56. The number of hydrogen-bond donors (Lipinski definition) is 3. The Hall–Kier alpha value is -4.41. The maximum absolute atomic E-state index is 15.3. The Kier molecular flexibility index (Phi) is 5.62. The molecule has 3 N–H and O–H groups in total. The molecule has 11 heteroatoms. The van der Waals surface area contributed by atoms with Gasteiger partial charge in [0, 0.05) is 35.2 Å². The molecule has 0 saturated heterocycles. The second-order valence-corrected chi connectivity index (χ2v) is 8.59. The van der Waals surface area contributed by atoms with E-state index in [1.807, 2.05) is 6.07 Å². The highest BCUT2D eigenvalue weighted by Crippen LogP contribution is 2.57. The average molecular weight is 495 g/mol. The molecule has 36 heavy (non-hydrogen) atoms. The number of pyridine rings is 1. The van der Waals surface area contributed by atoms with Crippen molar-refractivity contribution in [1.82, 2.24) is 19.7 Å². The number of hydrogen-bond acceptors (Lipinski definition) is 6. The van der Waals surface area contributed by atoms with Crippen LogP contribution in [-0.2, 0) is 17.3 Å². The van der Waals surface area contributed by atoms with E-state index in [9.17, 15) is 4.79 Å². The molecule has 1 saturated carbocycles. The lowest BCUT2D eigenvalue weighted by Crippen LogP contribution is -2.16. The van der Waals surface area contributed by atoms with E-state index in [4.69, 9.17) is 9.47 Å². The number of nitrogens with one attached hydrogen (secondary N) is 3. The molecule has 1 aliphatic carbocycles. The molecule has 1 aromatic carbocycles. The van der Waals surface area contributed by atoms with Gasteiger partial charge >= 0.3 is 0 Å². The molecular weight excluding hydrogens is 470 g/mol. The zero-order valence-corrected chi connectivity index (χ0v) is 19.9. The molecule has 1 aliphatic rings. The number of aryl methyl sites for hydroxylation is 1. The van der Waals surface area contributed by atoms with Gasteiger partial charge in [0.05, 0.1) is 32.1 Å². The summed E-state index contributed by atoms with van der Waals surface area (Å²) < 4.78 is 42.4. The lowest BCUT2D eigenvalue weighted by Gasteiger charge is -2.19. The Morgan fingerprint density at radius 1 is 1.19 bits per heavy atom. The largest absolute Gasteiger partial charge is 0.494 e. The van der Waals surface area contributed by atoms with Gasteiger partial charge in [-0.05, 0) is 31.1 Å². The molecule has 9 nitrogen and oxygen atoms in total. The summed E-state index contributed by atoms with van der Waals surface area (Å²) >= 11 is 0. The number of anilines is 3. The van der Waals surface area contributed by atoms with Crippen molar-refractivity contribution in [3.05, 3.63) is 66.1 Å². The van der Waals surface area contributed by atoms with Gasteiger partial charge in [0.25, 0.3) is 0 Å². The second-order valence-electron chi connectivity index (χ2n) is 8.59. The number of carbonyl (C=O) groups excluding carboxylic acids is 1. The lowest BCUT2D eigenvalue weighted by molar-refractivity contribution is -0.111. The quantitative estimate of drug-likeness (QED) is 0.311. The van der Waals surface area contributed by atoms with Gasteiger partial charge < -0.3 is 25.1 Å². The number of methoxy groups -OCH3 is 2. The van der Waals surface area contributed by atoms with Crippen molar-refractivity contribution in [2.24, 2.45) is 7.05 Å². The normalized spacial score (nSPS) is 13.9. The van der Waals surface area contributed by atoms with E-state index in [0.717, 1.165) is 5.39 Å². The molecule has 0 bridgehead atoms. The predicted octanol–water partition coefficient (Wildman–Crippen LogP) is 4.54. The number of H-pyrrole nitrogens is 1. The Morgan fingerprint density at radius 3 is 2.50 bits per heavy atom. The molecule has 0 unspecified atom stereocenters. The molecule has 1 amide bonds. The first-order valence-corrected chi connectivity index (χ1v) is 11.1. The van der Waals surface area contributed by atoms with Crippen LogP contribution in [0, 0.1) is 11.6 Å². The number of fused-ring (bicyclic) bond motifs is 1. The number of benzene rings is 1. The third-order valence-electron chi connectivity index (χ3n) is 6.34. The van der Waals surface area contributed by atoms with Gasteiger partial charge in [-0.2, -0.15) is 5.10 Å². The summed E-state index contributed by atoms with van der Waals surface area (Å²) in [7, 11) is 4.39. The van der Waals surface area contributed by atoms with Gasteiger partial charge in [-0.1, -0.05) is 6.58 Å². The molecule has 0 atom stereocenters. The van der Waals surface area contributed by atoms with Crippen LogP contribution in [0.5, 0.6) is 11.5 Å². The van der Waals surface area contributed by atoms with E-state index >= 15 is 8.78 Å². The molecule has 0 aliphatic heterocycles. The van der Waals surface area contributed by atoms with E-state index < -0.39 is 17.0 Å². The SMILES string of the molecule is C=CC(=O)Nc1cn(C)nc1Nc1cc2cc(C3(c4c(F)c(OC)cc(OC)c4F)CC3)[nH]c2cn1. The van der Waals surface area contributed by atoms with Gasteiger partial charge in [-0.25, -0.2) is 13.8 Å². The zero-order valence-electron chi connectivity index (χ0n) is 19.9. The van der Waals surface area contributed by atoms with Crippen LogP contribution >= 0.6 is 0 Å². The minimum absolute atomic E-state index is 0.0755. The van der Waals surface area contributed by atoms with E-state index in [2.05, 4.69) is 32.3 Å². The molecule has 3 heterocycles. The molecule has 0 radical (unpaired) electrons. The topological polar surface area (TPSA) is 106 Å². The average Bonchev–Trinajstić information content (AvgIpc) is 3.42. The number of nitrogens with zero attached hydrogens (tertiary/aromatic N) is 3. The fraction of sp³-hybridized carbons (Fsp3) is 0.240. The molecule has 186 valence electrons. The van der Waals surface area contributed by atoms with Crippen LogP contribution in [0.4, 0.5) is 26.1 Å². The maximum Gasteiger partial charge on any atom is 0.247 e. The lowest BCUT2D eigenvalue weighted by atomic mass is 9.90. The highest BCUT2D eigenvalue weighted by molar-refractivity contribution is 6.01. The minimum atomic E-state index is -0.869. The molecule has 5 rings (SSSR count). The monoisotopic (exact) mass is 494 g/mol. The van der Waals surface area contributed by atoms with Crippen LogP contribution in [0.25, 0.3) is 10.9 Å². The summed E-state index contributed by atoms with van der Waals surface area (Å²) in [5.41, 5.74) is 0.896. The van der Waals surface area contributed by atoms with Crippen LogP contribution in [0.15, 0.2) is 43.2 Å². The first kappa shape index (κ1) is 23.3. The number of ether oxygens (including phenoxy) is 2. The summed E-state index contributed by atoms with van der Waals surface area (Å²) in [5.74, 6) is -1.11. The van der Waals surface area contributed by atoms with E-state index in [1.54, 1.807) is 30.2 Å². The van der Waals surface area contributed by atoms with Crippen LogP contribution in [0.2, 0.25) is 0 Å². The number of rotatable bonds is 8. The van der Waals surface area contributed by atoms with Crippen molar-refractivity contribution in [2.45, 2.75) is 18.3 Å². The van der Waals surface area contributed by atoms with E-state index in [0.29, 0.717) is 41.4 Å².